The molecule has 0 spiro atoms. The van der Waals surface area contributed by atoms with E-state index >= 15 is 0 Å². The van der Waals surface area contributed by atoms with Crippen molar-refractivity contribution < 1.29 is 9.53 Å². The number of nitrogens with one attached hydrogen (secondary N) is 1. The lowest BCUT2D eigenvalue weighted by atomic mass is 10.0. The van der Waals surface area contributed by atoms with Crippen molar-refractivity contribution in [1.82, 2.24) is 0 Å². The number of hydrogen-bond acceptors (Lipinski definition) is 3. The van der Waals surface area contributed by atoms with Gasteiger partial charge in [-0.3, -0.25) is 0 Å². The minimum absolute atomic E-state index is 0.265. The maximum atomic E-state index is 11.7. The predicted octanol–water partition coefficient (Wildman–Crippen LogP) is 3.77. The molecule has 0 saturated heterocycles. The van der Waals surface area contributed by atoms with Crippen molar-refractivity contribution in [2.24, 2.45) is 5.92 Å². The third-order valence-electron chi connectivity index (χ3n) is 4.22. The predicted molar refractivity (Wildman–Crippen MR) is 77.6 cm³/mol. The number of methoxy groups -OCH3 is 1. The third-order valence-corrected chi connectivity index (χ3v) is 4.22. The van der Waals surface area contributed by atoms with Crippen LogP contribution in [0.2, 0.25) is 0 Å². The number of benzene rings is 1. The molecule has 0 heterocycles. The van der Waals surface area contributed by atoms with Crippen LogP contribution >= 0.6 is 0 Å². The van der Waals surface area contributed by atoms with Gasteiger partial charge in [-0.1, -0.05) is 19.4 Å². The van der Waals surface area contributed by atoms with E-state index < -0.39 is 0 Å². The van der Waals surface area contributed by atoms with E-state index in [1.54, 1.807) is 0 Å². The highest BCUT2D eigenvalue weighted by atomic mass is 16.5. The standard InChI is InChI=1S/C16H23NO2/c1-4-12-8-9-13(10-12)17-15-7-5-6-14(11(15)2)16(18)19-3/h5-7,12-13,17H,4,8-10H2,1-3H3. The Hall–Kier alpha value is -1.51. The molecule has 0 aromatic heterocycles. The molecule has 1 aromatic carbocycles. The van der Waals surface area contributed by atoms with Gasteiger partial charge >= 0.3 is 5.97 Å². The summed E-state index contributed by atoms with van der Waals surface area (Å²) in [5.41, 5.74) is 2.69. The Morgan fingerprint density at radius 2 is 2.21 bits per heavy atom. The lowest BCUT2D eigenvalue weighted by molar-refractivity contribution is 0.0600. The second-order valence-electron chi connectivity index (χ2n) is 5.40. The molecule has 0 radical (unpaired) electrons. The molecule has 0 aliphatic heterocycles. The molecule has 1 aliphatic rings. The van der Waals surface area contributed by atoms with E-state index in [0.29, 0.717) is 11.6 Å². The van der Waals surface area contributed by atoms with Gasteiger partial charge in [-0.15, -0.1) is 0 Å². The van der Waals surface area contributed by atoms with Crippen LogP contribution in [0.4, 0.5) is 5.69 Å². The first-order chi connectivity index (χ1) is 9.15. The number of ether oxygens (including phenoxy) is 1. The van der Waals surface area contributed by atoms with Crippen LogP contribution in [0.1, 0.15) is 48.5 Å². The normalized spacial score (nSPS) is 22.3. The fraction of sp³-hybridized carbons (Fsp3) is 0.562. The van der Waals surface area contributed by atoms with Gasteiger partial charge in [-0.05, 0) is 49.8 Å². The fourth-order valence-corrected chi connectivity index (χ4v) is 2.92. The van der Waals surface area contributed by atoms with Crippen LogP contribution in [0.3, 0.4) is 0 Å². The van der Waals surface area contributed by atoms with E-state index in [-0.39, 0.29) is 5.97 Å². The second-order valence-corrected chi connectivity index (χ2v) is 5.40. The number of esters is 1. The van der Waals surface area contributed by atoms with Gasteiger partial charge in [0.1, 0.15) is 0 Å². The minimum Gasteiger partial charge on any atom is -0.465 e. The van der Waals surface area contributed by atoms with E-state index in [9.17, 15) is 4.79 Å². The maximum absolute atomic E-state index is 11.7. The van der Waals surface area contributed by atoms with Crippen molar-refractivity contribution >= 4 is 11.7 Å². The fourth-order valence-electron chi connectivity index (χ4n) is 2.92. The highest BCUT2D eigenvalue weighted by Gasteiger charge is 2.23. The number of anilines is 1. The number of hydrogen-bond donors (Lipinski definition) is 1. The summed E-state index contributed by atoms with van der Waals surface area (Å²) in [6.07, 6.45) is 5.03. The molecule has 1 saturated carbocycles. The Kier molecular flexibility index (Phi) is 4.46. The van der Waals surface area contributed by atoms with E-state index in [0.717, 1.165) is 17.2 Å². The largest absolute Gasteiger partial charge is 0.465 e. The molecule has 104 valence electrons. The van der Waals surface area contributed by atoms with Gasteiger partial charge in [0.25, 0.3) is 0 Å². The van der Waals surface area contributed by atoms with E-state index in [4.69, 9.17) is 4.74 Å². The molecule has 3 heteroatoms. The quantitative estimate of drug-likeness (QED) is 0.838. The van der Waals surface area contributed by atoms with Crippen LogP contribution in [-0.4, -0.2) is 19.1 Å². The molecule has 3 nitrogen and oxygen atoms in total. The third kappa shape index (κ3) is 3.09. The van der Waals surface area contributed by atoms with Crippen LogP contribution in [-0.2, 0) is 4.74 Å². The molecule has 0 bridgehead atoms. The van der Waals surface area contributed by atoms with Crippen LogP contribution in [0.5, 0.6) is 0 Å². The summed E-state index contributed by atoms with van der Waals surface area (Å²) in [5, 5.41) is 3.59. The maximum Gasteiger partial charge on any atom is 0.338 e. The van der Waals surface area contributed by atoms with Crippen LogP contribution < -0.4 is 5.32 Å². The van der Waals surface area contributed by atoms with Crippen LogP contribution in [0.25, 0.3) is 0 Å². The molecule has 1 aliphatic carbocycles. The van der Waals surface area contributed by atoms with Crippen LogP contribution in [0.15, 0.2) is 18.2 Å². The highest BCUT2D eigenvalue weighted by molar-refractivity contribution is 5.92. The smallest absolute Gasteiger partial charge is 0.338 e. The van der Waals surface area contributed by atoms with Gasteiger partial charge < -0.3 is 10.1 Å². The number of carbonyl (C=O) groups is 1. The summed E-state index contributed by atoms with van der Waals surface area (Å²) in [6.45, 7) is 4.23. The molecular weight excluding hydrogens is 238 g/mol. The molecule has 1 fully saturated rings. The van der Waals surface area contributed by atoms with Crippen molar-refractivity contribution in [3.8, 4) is 0 Å². The Bertz CT molecular complexity index is 456. The van der Waals surface area contributed by atoms with Gasteiger partial charge in [0.2, 0.25) is 0 Å². The first-order valence-corrected chi connectivity index (χ1v) is 7.10. The van der Waals surface area contributed by atoms with E-state index in [1.807, 2.05) is 25.1 Å². The van der Waals surface area contributed by atoms with Gasteiger partial charge in [-0.2, -0.15) is 0 Å². The Morgan fingerprint density at radius 1 is 1.42 bits per heavy atom. The zero-order valence-corrected chi connectivity index (χ0v) is 12.0. The summed E-state index contributed by atoms with van der Waals surface area (Å²) < 4.78 is 4.81. The second kappa shape index (κ2) is 6.09. The lowest BCUT2D eigenvalue weighted by Crippen LogP contribution is -2.17. The number of rotatable bonds is 4. The van der Waals surface area contributed by atoms with Gasteiger partial charge in [0.05, 0.1) is 12.7 Å². The van der Waals surface area contributed by atoms with Gasteiger partial charge in [0.15, 0.2) is 0 Å². The zero-order valence-electron chi connectivity index (χ0n) is 12.0. The summed E-state index contributed by atoms with van der Waals surface area (Å²) in [7, 11) is 1.42. The average Bonchev–Trinajstić information content (AvgIpc) is 2.88. The summed E-state index contributed by atoms with van der Waals surface area (Å²) >= 11 is 0. The topological polar surface area (TPSA) is 38.3 Å². The zero-order chi connectivity index (χ0) is 13.8. The number of carbonyl (C=O) groups excluding carboxylic acids is 1. The van der Waals surface area contributed by atoms with Crippen molar-refractivity contribution in [3.05, 3.63) is 29.3 Å². The van der Waals surface area contributed by atoms with Crippen molar-refractivity contribution in [1.29, 1.82) is 0 Å². The Labute approximate surface area is 115 Å². The lowest BCUT2D eigenvalue weighted by Gasteiger charge is -2.17. The molecule has 19 heavy (non-hydrogen) atoms. The monoisotopic (exact) mass is 261 g/mol. The van der Waals surface area contributed by atoms with Crippen LogP contribution in [0, 0.1) is 12.8 Å². The summed E-state index contributed by atoms with van der Waals surface area (Å²) in [5.74, 6) is 0.584. The molecule has 1 aromatic rings. The molecular formula is C16H23NO2. The minimum atomic E-state index is -0.265. The summed E-state index contributed by atoms with van der Waals surface area (Å²) in [6, 6.07) is 6.31. The first-order valence-electron chi connectivity index (χ1n) is 7.10. The molecule has 0 amide bonds. The SMILES string of the molecule is CCC1CCC(Nc2cccc(C(=O)OC)c2C)C1. The molecule has 2 rings (SSSR count). The van der Waals surface area contributed by atoms with Crippen molar-refractivity contribution in [3.63, 3.8) is 0 Å². The molecule has 2 atom stereocenters. The Morgan fingerprint density at radius 3 is 2.84 bits per heavy atom. The van der Waals surface area contributed by atoms with Gasteiger partial charge in [0, 0.05) is 11.7 Å². The summed E-state index contributed by atoms with van der Waals surface area (Å²) in [4.78, 5) is 11.7. The molecule has 2 unspecified atom stereocenters. The van der Waals surface area contributed by atoms with E-state index in [2.05, 4.69) is 12.2 Å². The molecule has 1 N–H and O–H groups in total. The van der Waals surface area contributed by atoms with E-state index in [1.165, 1.54) is 32.8 Å². The van der Waals surface area contributed by atoms with Crippen molar-refractivity contribution in [2.75, 3.05) is 12.4 Å². The Balaban J connectivity index is 2.11. The first kappa shape index (κ1) is 13.9. The van der Waals surface area contributed by atoms with Crippen molar-refractivity contribution in [2.45, 2.75) is 45.6 Å². The van der Waals surface area contributed by atoms with Gasteiger partial charge in [-0.25, -0.2) is 4.79 Å². The average molecular weight is 261 g/mol. The highest BCUT2D eigenvalue weighted by Crippen LogP contribution is 2.31.